The van der Waals surface area contributed by atoms with Crippen LogP contribution in [0.25, 0.3) is 0 Å². The van der Waals surface area contributed by atoms with Crippen LogP contribution in [0.4, 0.5) is 10.1 Å². The van der Waals surface area contributed by atoms with E-state index in [0.29, 0.717) is 24.8 Å². The molecule has 1 aliphatic rings. The quantitative estimate of drug-likeness (QED) is 0.491. The van der Waals surface area contributed by atoms with Crippen LogP contribution in [-0.2, 0) is 16.4 Å². The van der Waals surface area contributed by atoms with Gasteiger partial charge in [-0.2, -0.15) is 0 Å². The minimum absolute atomic E-state index is 0.0443. The number of benzene rings is 2. The minimum Gasteiger partial charge on any atom is -0.489 e. The molecule has 0 saturated carbocycles. The maximum atomic E-state index is 13.2. The van der Waals surface area contributed by atoms with Crippen molar-refractivity contribution in [2.45, 2.75) is 19.4 Å². The number of rotatable bonds is 8. The average molecular weight is 435 g/mol. The van der Waals surface area contributed by atoms with Gasteiger partial charge in [0.15, 0.2) is 5.96 Å². The Kier molecular flexibility index (Phi) is 7.15. The number of para-hydroxylation sites is 1. The third-order valence-corrected chi connectivity index (χ3v) is 6.52. The summed E-state index contributed by atoms with van der Waals surface area (Å²) in [5.41, 5.74) is 1.82. The van der Waals surface area contributed by atoms with Crippen molar-refractivity contribution in [1.29, 1.82) is 0 Å². The number of ether oxygens (including phenoxy) is 1. The minimum atomic E-state index is -3.43. The van der Waals surface area contributed by atoms with Crippen LogP contribution in [0.1, 0.15) is 12.5 Å². The number of nitrogens with one attached hydrogen (secondary N) is 2. The highest BCUT2D eigenvalue weighted by molar-refractivity contribution is 7.92. The molecule has 1 heterocycles. The number of fused-ring (bicyclic) bond motifs is 1. The van der Waals surface area contributed by atoms with Gasteiger partial charge in [-0.05, 0) is 37.1 Å². The number of guanidine groups is 1. The van der Waals surface area contributed by atoms with Crippen molar-refractivity contribution < 1.29 is 17.5 Å². The molecular formula is C21H27FN4O3S. The molecule has 1 aliphatic heterocycles. The van der Waals surface area contributed by atoms with Gasteiger partial charge >= 0.3 is 0 Å². The van der Waals surface area contributed by atoms with Crippen LogP contribution in [0.15, 0.2) is 53.5 Å². The van der Waals surface area contributed by atoms with Crippen LogP contribution in [0, 0.1) is 5.82 Å². The van der Waals surface area contributed by atoms with Crippen molar-refractivity contribution in [3.8, 4) is 5.75 Å². The van der Waals surface area contributed by atoms with Gasteiger partial charge in [-0.3, -0.25) is 9.30 Å². The monoisotopic (exact) mass is 434 g/mol. The van der Waals surface area contributed by atoms with E-state index in [1.165, 1.54) is 16.4 Å². The molecule has 0 aliphatic carbocycles. The number of hydrogen-bond acceptors (Lipinski definition) is 4. The number of nitrogens with zero attached hydrogens (tertiary/aromatic N) is 2. The van der Waals surface area contributed by atoms with E-state index in [0.717, 1.165) is 17.7 Å². The Bertz CT molecular complexity index is 997. The maximum Gasteiger partial charge on any atom is 0.236 e. The van der Waals surface area contributed by atoms with Crippen LogP contribution in [0.3, 0.4) is 0 Å². The average Bonchev–Trinajstić information content (AvgIpc) is 3.15. The van der Waals surface area contributed by atoms with E-state index < -0.39 is 10.0 Å². The van der Waals surface area contributed by atoms with E-state index in [1.807, 2.05) is 31.2 Å². The molecule has 0 aromatic heterocycles. The lowest BCUT2D eigenvalue weighted by molar-refractivity contribution is 0.223. The lowest BCUT2D eigenvalue weighted by Gasteiger charge is -2.21. The molecule has 0 radical (unpaired) electrons. The Morgan fingerprint density at radius 2 is 2.03 bits per heavy atom. The number of aliphatic imine (C=N–C) groups is 1. The second-order valence-corrected chi connectivity index (χ2v) is 9.05. The van der Waals surface area contributed by atoms with Crippen molar-refractivity contribution in [3.63, 3.8) is 0 Å². The standard InChI is InChI=1S/C21H27FN4O3S/c1-16(29-19-8-5-7-18(22)14-19)15-25-21(23-2)24-11-13-30(27,28)26-12-10-17-6-3-4-9-20(17)26/h3-9,14,16H,10-13,15H2,1-2H3,(H2,23,24,25). The van der Waals surface area contributed by atoms with Gasteiger partial charge in [0.05, 0.1) is 18.0 Å². The summed E-state index contributed by atoms with van der Waals surface area (Å²) in [6, 6.07) is 13.5. The first-order chi connectivity index (χ1) is 14.4. The smallest absolute Gasteiger partial charge is 0.236 e. The van der Waals surface area contributed by atoms with Crippen LogP contribution >= 0.6 is 0 Å². The lowest BCUT2D eigenvalue weighted by atomic mass is 10.2. The lowest BCUT2D eigenvalue weighted by Crippen LogP contribution is -2.44. The first-order valence-corrected chi connectivity index (χ1v) is 11.4. The summed E-state index contributed by atoms with van der Waals surface area (Å²) < 4.78 is 45.9. The Balaban J connectivity index is 1.45. The molecule has 7 nitrogen and oxygen atoms in total. The van der Waals surface area contributed by atoms with Crippen molar-refractivity contribution in [1.82, 2.24) is 10.6 Å². The van der Waals surface area contributed by atoms with Gasteiger partial charge in [0.1, 0.15) is 17.7 Å². The van der Waals surface area contributed by atoms with Crippen molar-refractivity contribution in [3.05, 3.63) is 59.9 Å². The molecule has 0 spiro atoms. The maximum absolute atomic E-state index is 13.2. The predicted molar refractivity (Wildman–Crippen MR) is 117 cm³/mol. The Labute approximate surface area is 177 Å². The molecule has 3 rings (SSSR count). The summed E-state index contributed by atoms with van der Waals surface area (Å²) in [4.78, 5) is 4.10. The summed E-state index contributed by atoms with van der Waals surface area (Å²) in [5.74, 6) is 0.523. The fourth-order valence-corrected chi connectivity index (χ4v) is 4.71. The highest BCUT2D eigenvalue weighted by atomic mass is 32.2. The molecular weight excluding hydrogens is 407 g/mol. The third kappa shape index (κ3) is 5.63. The molecule has 2 aromatic carbocycles. The molecule has 1 unspecified atom stereocenters. The van der Waals surface area contributed by atoms with Crippen LogP contribution in [0.5, 0.6) is 5.75 Å². The molecule has 0 bridgehead atoms. The van der Waals surface area contributed by atoms with Crippen LogP contribution in [-0.4, -0.2) is 52.9 Å². The summed E-state index contributed by atoms with van der Waals surface area (Å²) in [6.45, 7) is 2.96. The Hall–Kier alpha value is -2.81. The number of halogens is 1. The second-order valence-electron chi connectivity index (χ2n) is 7.03. The summed E-state index contributed by atoms with van der Waals surface area (Å²) in [6.07, 6.45) is 0.491. The van der Waals surface area contributed by atoms with E-state index in [2.05, 4.69) is 15.6 Å². The fourth-order valence-electron chi connectivity index (χ4n) is 3.28. The van der Waals surface area contributed by atoms with Crippen LogP contribution in [0.2, 0.25) is 0 Å². The fraction of sp³-hybridized carbons (Fsp3) is 0.381. The van der Waals surface area contributed by atoms with Gasteiger partial charge in [0.25, 0.3) is 0 Å². The molecule has 30 heavy (non-hydrogen) atoms. The highest BCUT2D eigenvalue weighted by Crippen LogP contribution is 2.29. The first-order valence-electron chi connectivity index (χ1n) is 9.84. The topological polar surface area (TPSA) is 83.0 Å². The molecule has 2 N–H and O–H groups in total. The number of sulfonamides is 1. The zero-order chi connectivity index (χ0) is 21.6. The number of anilines is 1. The zero-order valence-corrected chi connectivity index (χ0v) is 18.0. The molecule has 9 heteroatoms. The van der Waals surface area contributed by atoms with Gasteiger partial charge in [-0.25, -0.2) is 12.8 Å². The SMILES string of the molecule is CN=C(NCCS(=O)(=O)N1CCc2ccccc21)NCC(C)Oc1cccc(F)c1. The van der Waals surface area contributed by atoms with E-state index in [-0.39, 0.29) is 24.2 Å². The Morgan fingerprint density at radius 3 is 2.80 bits per heavy atom. The van der Waals surface area contributed by atoms with Crippen LogP contribution < -0.4 is 19.7 Å². The van der Waals surface area contributed by atoms with Gasteiger partial charge in [-0.15, -0.1) is 0 Å². The van der Waals surface area contributed by atoms with Gasteiger partial charge in [-0.1, -0.05) is 24.3 Å². The first kappa shape index (κ1) is 21.9. The van der Waals surface area contributed by atoms with E-state index in [4.69, 9.17) is 4.74 Å². The summed E-state index contributed by atoms with van der Waals surface area (Å²) in [5, 5.41) is 6.11. The van der Waals surface area contributed by atoms with Gasteiger partial charge < -0.3 is 15.4 Å². The largest absolute Gasteiger partial charge is 0.489 e. The molecule has 2 aromatic rings. The van der Waals surface area contributed by atoms with Crippen molar-refractivity contribution >= 4 is 21.7 Å². The Morgan fingerprint density at radius 1 is 1.23 bits per heavy atom. The summed E-state index contributed by atoms with van der Waals surface area (Å²) in [7, 11) is -1.82. The third-order valence-electron chi connectivity index (χ3n) is 4.75. The molecule has 1 atom stereocenters. The molecule has 0 saturated heterocycles. The molecule has 0 fully saturated rings. The van der Waals surface area contributed by atoms with Gasteiger partial charge in [0.2, 0.25) is 10.0 Å². The van der Waals surface area contributed by atoms with E-state index in [1.54, 1.807) is 19.2 Å². The van der Waals surface area contributed by atoms with Gasteiger partial charge in [0, 0.05) is 26.2 Å². The van der Waals surface area contributed by atoms with Crippen molar-refractivity contribution in [2.24, 2.45) is 4.99 Å². The predicted octanol–water partition coefficient (Wildman–Crippen LogP) is 2.15. The zero-order valence-electron chi connectivity index (χ0n) is 17.1. The van der Waals surface area contributed by atoms with E-state index >= 15 is 0 Å². The second kappa shape index (κ2) is 9.80. The highest BCUT2D eigenvalue weighted by Gasteiger charge is 2.28. The summed E-state index contributed by atoms with van der Waals surface area (Å²) >= 11 is 0. The normalized spacial score (nSPS) is 14.9. The number of hydrogen-bond donors (Lipinski definition) is 2. The van der Waals surface area contributed by atoms with E-state index in [9.17, 15) is 12.8 Å². The molecule has 0 amide bonds. The molecule has 162 valence electrons. The van der Waals surface area contributed by atoms with Crippen molar-refractivity contribution in [2.75, 3.05) is 36.7 Å².